The number of ether oxygens (including phenoxy) is 1. The highest BCUT2D eigenvalue weighted by molar-refractivity contribution is 5.89. The fraction of sp³-hybridized carbons (Fsp3) is 0.0588. The van der Waals surface area contributed by atoms with Crippen molar-refractivity contribution in [2.45, 2.75) is 0 Å². The van der Waals surface area contributed by atoms with Gasteiger partial charge in [-0.05, 0) is 12.1 Å². The van der Waals surface area contributed by atoms with E-state index in [4.69, 9.17) is 4.52 Å². The van der Waals surface area contributed by atoms with E-state index in [9.17, 15) is 4.79 Å². The van der Waals surface area contributed by atoms with Gasteiger partial charge in [-0.15, -0.1) is 0 Å². The van der Waals surface area contributed by atoms with Crippen molar-refractivity contribution in [2.75, 3.05) is 7.11 Å². The molecular formula is C17H13NO3. The number of hydrogen-bond donors (Lipinski definition) is 0. The number of carbonyl (C=O) groups is 1. The first-order valence-electron chi connectivity index (χ1n) is 6.49. The highest BCUT2D eigenvalue weighted by Crippen LogP contribution is 2.26. The van der Waals surface area contributed by atoms with E-state index in [2.05, 4.69) is 9.89 Å². The molecule has 4 heteroatoms. The van der Waals surface area contributed by atoms with Crippen LogP contribution >= 0.6 is 0 Å². The van der Waals surface area contributed by atoms with E-state index >= 15 is 0 Å². The number of hydrogen-bond acceptors (Lipinski definition) is 4. The van der Waals surface area contributed by atoms with E-state index in [1.165, 1.54) is 7.11 Å². The first-order chi connectivity index (χ1) is 10.3. The van der Waals surface area contributed by atoms with Crippen molar-refractivity contribution >= 4 is 5.97 Å². The molecule has 0 aliphatic heterocycles. The summed E-state index contributed by atoms with van der Waals surface area (Å²) in [6, 6.07) is 18.7. The molecule has 1 aromatic heterocycles. The normalized spacial score (nSPS) is 10.3. The SMILES string of the molecule is COC(=O)c1ccc(-c2cc(-c3ccccc3)no2)cc1. The van der Waals surface area contributed by atoms with Crippen molar-refractivity contribution in [3.63, 3.8) is 0 Å². The average molecular weight is 279 g/mol. The van der Waals surface area contributed by atoms with E-state index in [0.29, 0.717) is 11.3 Å². The second-order valence-electron chi connectivity index (χ2n) is 4.51. The van der Waals surface area contributed by atoms with Gasteiger partial charge in [0, 0.05) is 17.2 Å². The molecule has 0 amide bonds. The van der Waals surface area contributed by atoms with Crippen LogP contribution in [0.25, 0.3) is 22.6 Å². The van der Waals surface area contributed by atoms with E-state index in [-0.39, 0.29) is 5.97 Å². The number of esters is 1. The summed E-state index contributed by atoms with van der Waals surface area (Å²) in [5, 5.41) is 4.07. The van der Waals surface area contributed by atoms with Gasteiger partial charge in [-0.2, -0.15) is 0 Å². The van der Waals surface area contributed by atoms with Gasteiger partial charge in [0.05, 0.1) is 12.7 Å². The molecule has 104 valence electrons. The lowest BCUT2D eigenvalue weighted by molar-refractivity contribution is 0.0601. The third-order valence-electron chi connectivity index (χ3n) is 3.17. The molecule has 0 saturated carbocycles. The first-order valence-corrected chi connectivity index (χ1v) is 6.49. The Balaban J connectivity index is 1.88. The highest BCUT2D eigenvalue weighted by Gasteiger charge is 2.10. The molecule has 0 saturated heterocycles. The summed E-state index contributed by atoms with van der Waals surface area (Å²) < 4.78 is 10.0. The van der Waals surface area contributed by atoms with Crippen LogP contribution in [0.5, 0.6) is 0 Å². The summed E-state index contributed by atoms with van der Waals surface area (Å²) in [4.78, 5) is 11.4. The van der Waals surface area contributed by atoms with Gasteiger partial charge in [-0.1, -0.05) is 47.6 Å². The Bertz CT molecular complexity index is 745. The molecule has 0 aliphatic rings. The summed E-state index contributed by atoms with van der Waals surface area (Å²) >= 11 is 0. The zero-order valence-corrected chi connectivity index (χ0v) is 11.4. The van der Waals surface area contributed by atoms with Crippen LogP contribution in [0.3, 0.4) is 0 Å². The van der Waals surface area contributed by atoms with Gasteiger partial charge >= 0.3 is 5.97 Å². The molecule has 0 fully saturated rings. The number of nitrogens with zero attached hydrogens (tertiary/aromatic N) is 1. The molecule has 4 nitrogen and oxygen atoms in total. The molecule has 0 radical (unpaired) electrons. The van der Waals surface area contributed by atoms with Gasteiger partial charge in [0.15, 0.2) is 5.76 Å². The summed E-state index contributed by atoms with van der Waals surface area (Å²) in [7, 11) is 1.36. The molecule has 0 bridgehead atoms. The average Bonchev–Trinajstić information content (AvgIpc) is 3.05. The van der Waals surface area contributed by atoms with Crippen molar-refractivity contribution < 1.29 is 14.1 Å². The fourth-order valence-corrected chi connectivity index (χ4v) is 2.04. The molecule has 1 heterocycles. The van der Waals surface area contributed by atoms with Crippen molar-refractivity contribution in [1.29, 1.82) is 0 Å². The number of methoxy groups -OCH3 is 1. The standard InChI is InChI=1S/C17H13NO3/c1-20-17(19)14-9-7-13(8-10-14)16-11-15(18-21-16)12-5-3-2-4-6-12/h2-11H,1H3. The Kier molecular flexibility index (Phi) is 3.51. The van der Waals surface area contributed by atoms with Crippen LogP contribution in [0.4, 0.5) is 0 Å². The van der Waals surface area contributed by atoms with Crippen molar-refractivity contribution in [2.24, 2.45) is 0 Å². The van der Waals surface area contributed by atoms with Crippen LogP contribution in [-0.2, 0) is 4.74 Å². The van der Waals surface area contributed by atoms with Crippen LogP contribution in [-0.4, -0.2) is 18.2 Å². The van der Waals surface area contributed by atoms with Gasteiger partial charge in [0.1, 0.15) is 5.69 Å². The minimum Gasteiger partial charge on any atom is -0.465 e. The number of aromatic nitrogens is 1. The minimum absolute atomic E-state index is 0.357. The Labute approximate surface area is 122 Å². The van der Waals surface area contributed by atoms with Gasteiger partial charge in [-0.25, -0.2) is 4.79 Å². The second-order valence-corrected chi connectivity index (χ2v) is 4.51. The van der Waals surface area contributed by atoms with Gasteiger partial charge < -0.3 is 9.26 Å². The number of carbonyl (C=O) groups excluding carboxylic acids is 1. The molecule has 0 N–H and O–H groups in total. The maximum absolute atomic E-state index is 11.4. The van der Waals surface area contributed by atoms with Gasteiger partial charge in [0.25, 0.3) is 0 Å². The van der Waals surface area contributed by atoms with E-state index < -0.39 is 0 Å². The topological polar surface area (TPSA) is 52.3 Å². The number of benzene rings is 2. The summed E-state index contributed by atoms with van der Waals surface area (Å²) in [6.07, 6.45) is 0. The van der Waals surface area contributed by atoms with Crippen LogP contribution in [0.2, 0.25) is 0 Å². The van der Waals surface area contributed by atoms with E-state index in [1.807, 2.05) is 48.5 Å². The molecule has 3 aromatic rings. The third kappa shape index (κ3) is 2.69. The largest absolute Gasteiger partial charge is 0.465 e. The monoisotopic (exact) mass is 279 g/mol. The third-order valence-corrected chi connectivity index (χ3v) is 3.17. The molecule has 2 aromatic carbocycles. The summed E-state index contributed by atoms with van der Waals surface area (Å²) in [5.41, 5.74) is 3.14. The predicted octanol–water partition coefficient (Wildman–Crippen LogP) is 3.80. The molecular weight excluding hydrogens is 266 g/mol. The summed E-state index contributed by atoms with van der Waals surface area (Å²) in [6.45, 7) is 0. The number of rotatable bonds is 3. The lowest BCUT2D eigenvalue weighted by atomic mass is 10.1. The highest BCUT2D eigenvalue weighted by atomic mass is 16.5. The molecule has 21 heavy (non-hydrogen) atoms. The Hall–Kier alpha value is -2.88. The Morgan fingerprint density at radius 1 is 1.00 bits per heavy atom. The molecule has 0 spiro atoms. The smallest absolute Gasteiger partial charge is 0.337 e. The van der Waals surface area contributed by atoms with Crippen molar-refractivity contribution in [1.82, 2.24) is 5.16 Å². The first kappa shape index (κ1) is 13.1. The van der Waals surface area contributed by atoms with E-state index in [0.717, 1.165) is 16.8 Å². The summed E-state index contributed by atoms with van der Waals surface area (Å²) in [5.74, 6) is 0.300. The van der Waals surface area contributed by atoms with Crippen LogP contribution in [0.15, 0.2) is 65.2 Å². The maximum Gasteiger partial charge on any atom is 0.337 e. The second kappa shape index (κ2) is 5.63. The maximum atomic E-state index is 11.4. The Morgan fingerprint density at radius 3 is 2.38 bits per heavy atom. The zero-order valence-electron chi connectivity index (χ0n) is 11.4. The minimum atomic E-state index is -0.357. The van der Waals surface area contributed by atoms with Gasteiger partial charge in [0.2, 0.25) is 0 Å². The van der Waals surface area contributed by atoms with Crippen LogP contribution in [0, 0.1) is 0 Å². The van der Waals surface area contributed by atoms with Crippen LogP contribution < -0.4 is 0 Å². The van der Waals surface area contributed by atoms with Gasteiger partial charge in [-0.3, -0.25) is 0 Å². The fourth-order valence-electron chi connectivity index (χ4n) is 2.04. The quantitative estimate of drug-likeness (QED) is 0.684. The lowest BCUT2D eigenvalue weighted by Gasteiger charge is -1.99. The zero-order chi connectivity index (χ0) is 14.7. The molecule has 0 atom stereocenters. The molecule has 3 rings (SSSR count). The molecule has 0 unspecified atom stereocenters. The van der Waals surface area contributed by atoms with Crippen molar-refractivity contribution in [3.05, 3.63) is 66.2 Å². The Morgan fingerprint density at radius 2 is 1.71 bits per heavy atom. The lowest BCUT2D eigenvalue weighted by Crippen LogP contribution is -2.00. The predicted molar refractivity (Wildman–Crippen MR) is 78.7 cm³/mol. The molecule has 0 aliphatic carbocycles. The van der Waals surface area contributed by atoms with E-state index in [1.54, 1.807) is 12.1 Å². The van der Waals surface area contributed by atoms with Crippen molar-refractivity contribution in [3.8, 4) is 22.6 Å². The van der Waals surface area contributed by atoms with Crippen LogP contribution in [0.1, 0.15) is 10.4 Å².